The van der Waals surface area contributed by atoms with E-state index in [-0.39, 0.29) is 31.4 Å². The third-order valence-corrected chi connectivity index (χ3v) is 4.58. The largest absolute Gasteiger partial charge is 0.508 e. The van der Waals surface area contributed by atoms with E-state index in [0.717, 1.165) is 0 Å². The van der Waals surface area contributed by atoms with E-state index in [2.05, 4.69) is 10.6 Å². The van der Waals surface area contributed by atoms with Crippen LogP contribution in [0.25, 0.3) is 0 Å². The summed E-state index contributed by atoms with van der Waals surface area (Å²) < 4.78 is 0. The minimum absolute atomic E-state index is 0.0125. The van der Waals surface area contributed by atoms with Gasteiger partial charge in [-0.05, 0) is 49.9 Å². The number of nitrogens with two attached hydrogens (primary N) is 2. The average molecular weight is 438 g/mol. The predicted molar refractivity (Wildman–Crippen MR) is 111 cm³/mol. The summed E-state index contributed by atoms with van der Waals surface area (Å²) in [5.41, 5.74) is 11.7. The highest BCUT2D eigenvalue weighted by atomic mass is 16.4. The highest BCUT2D eigenvalue weighted by Gasteiger charge is 2.28. The summed E-state index contributed by atoms with van der Waals surface area (Å²) in [5.74, 6) is -3.74. The Bertz CT molecular complexity index is 754. The van der Waals surface area contributed by atoms with Crippen molar-refractivity contribution in [1.29, 1.82) is 0 Å². The van der Waals surface area contributed by atoms with Crippen molar-refractivity contribution in [3.63, 3.8) is 0 Å². The number of phenols is 1. The molecule has 3 atom stereocenters. The standard InChI is InChI=1S/C20H30N4O7/c21-10-2-1-3-15(20(30)31)23-19(29)16(11-12-4-6-13(25)7-5-12)24-18(28)14(22)8-9-17(26)27/h4-7,14-16,25H,1-3,8-11,21-22H2,(H,23,29)(H,24,28)(H,26,27)(H,30,31)/t14-,15-,16-/m0/s1. The SMILES string of the molecule is NCCCC[C@H](NC(=O)[C@H](Cc1ccc(O)cc1)NC(=O)[C@@H](N)CCC(=O)O)C(=O)O. The van der Waals surface area contributed by atoms with Crippen molar-refractivity contribution in [1.82, 2.24) is 10.6 Å². The fourth-order valence-electron chi connectivity index (χ4n) is 2.79. The number of nitrogens with one attached hydrogen (secondary N) is 2. The van der Waals surface area contributed by atoms with Crippen LogP contribution < -0.4 is 22.1 Å². The summed E-state index contributed by atoms with van der Waals surface area (Å²) >= 11 is 0. The number of carboxylic acid groups (broad SMARTS) is 2. The monoisotopic (exact) mass is 438 g/mol. The first-order valence-electron chi connectivity index (χ1n) is 9.93. The predicted octanol–water partition coefficient (Wildman–Crippen LogP) is -0.690. The van der Waals surface area contributed by atoms with Gasteiger partial charge in [0.25, 0.3) is 0 Å². The zero-order valence-corrected chi connectivity index (χ0v) is 17.1. The molecule has 0 spiro atoms. The molecule has 9 N–H and O–H groups in total. The van der Waals surface area contributed by atoms with Crippen molar-refractivity contribution >= 4 is 23.8 Å². The van der Waals surface area contributed by atoms with Gasteiger partial charge in [-0.1, -0.05) is 12.1 Å². The second-order valence-electron chi connectivity index (χ2n) is 7.15. The van der Waals surface area contributed by atoms with Gasteiger partial charge in [-0.2, -0.15) is 0 Å². The van der Waals surface area contributed by atoms with E-state index >= 15 is 0 Å². The quantitative estimate of drug-likeness (QED) is 0.183. The maximum Gasteiger partial charge on any atom is 0.326 e. The van der Waals surface area contributed by atoms with Crippen molar-refractivity contribution < 1.29 is 34.5 Å². The Morgan fingerprint density at radius 1 is 0.903 bits per heavy atom. The number of unbranched alkanes of at least 4 members (excludes halogenated alkanes) is 1. The molecule has 0 saturated heterocycles. The Morgan fingerprint density at radius 3 is 2.06 bits per heavy atom. The molecule has 0 aromatic heterocycles. The number of carbonyl (C=O) groups is 4. The zero-order valence-electron chi connectivity index (χ0n) is 17.1. The molecule has 0 saturated carbocycles. The van der Waals surface area contributed by atoms with Crippen molar-refractivity contribution in [2.75, 3.05) is 6.54 Å². The van der Waals surface area contributed by atoms with Crippen molar-refractivity contribution in [2.24, 2.45) is 11.5 Å². The van der Waals surface area contributed by atoms with E-state index in [1.165, 1.54) is 12.1 Å². The smallest absolute Gasteiger partial charge is 0.326 e. The van der Waals surface area contributed by atoms with E-state index in [4.69, 9.17) is 16.6 Å². The first-order chi connectivity index (χ1) is 14.6. The van der Waals surface area contributed by atoms with Crippen LogP contribution in [0.4, 0.5) is 0 Å². The van der Waals surface area contributed by atoms with E-state index < -0.39 is 41.9 Å². The number of carboxylic acids is 2. The van der Waals surface area contributed by atoms with Gasteiger partial charge in [0, 0.05) is 12.8 Å². The van der Waals surface area contributed by atoms with E-state index in [9.17, 15) is 29.4 Å². The van der Waals surface area contributed by atoms with Gasteiger partial charge in [0.15, 0.2) is 0 Å². The van der Waals surface area contributed by atoms with Crippen LogP contribution in [-0.2, 0) is 25.6 Å². The second-order valence-corrected chi connectivity index (χ2v) is 7.15. The van der Waals surface area contributed by atoms with Gasteiger partial charge in [-0.15, -0.1) is 0 Å². The Morgan fingerprint density at radius 2 is 1.52 bits per heavy atom. The molecule has 1 aromatic carbocycles. The second kappa shape index (κ2) is 13.2. The number of aliphatic carboxylic acids is 2. The number of amides is 2. The Labute approximate surface area is 179 Å². The molecule has 31 heavy (non-hydrogen) atoms. The Balaban J connectivity index is 2.92. The molecule has 0 bridgehead atoms. The molecule has 11 heteroatoms. The van der Waals surface area contributed by atoms with Crippen LogP contribution in [0.5, 0.6) is 5.75 Å². The van der Waals surface area contributed by atoms with Gasteiger partial charge in [0.05, 0.1) is 6.04 Å². The molecule has 0 fully saturated rings. The lowest BCUT2D eigenvalue weighted by Gasteiger charge is -2.23. The van der Waals surface area contributed by atoms with Gasteiger partial charge in [-0.3, -0.25) is 14.4 Å². The van der Waals surface area contributed by atoms with Crippen LogP contribution in [0.3, 0.4) is 0 Å². The topological polar surface area (TPSA) is 205 Å². The molecule has 0 radical (unpaired) electrons. The Kier molecular flexibility index (Phi) is 11.0. The highest BCUT2D eigenvalue weighted by Crippen LogP contribution is 2.12. The van der Waals surface area contributed by atoms with Crippen molar-refractivity contribution in [3.05, 3.63) is 29.8 Å². The lowest BCUT2D eigenvalue weighted by Crippen LogP contribution is -2.55. The van der Waals surface area contributed by atoms with Crippen molar-refractivity contribution in [3.8, 4) is 5.75 Å². The molecule has 0 heterocycles. The lowest BCUT2D eigenvalue weighted by atomic mass is 10.0. The summed E-state index contributed by atoms with van der Waals surface area (Å²) in [5, 5.41) is 32.4. The van der Waals surface area contributed by atoms with E-state index in [0.29, 0.717) is 24.9 Å². The lowest BCUT2D eigenvalue weighted by molar-refractivity contribution is -0.142. The average Bonchev–Trinajstić information content (AvgIpc) is 2.71. The third kappa shape index (κ3) is 9.92. The fraction of sp³-hybridized carbons (Fsp3) is 0.500. The van der Waals surface area contributed by atoms with Gasteiger partial charge in [0.2, 0.25) is 11.8 Å². The van der Waals surface area contributed by atoms with E-state index in [1.54, 1.807) is 12.1 Å². The highest BCUT2D eigenvalue weighted by molar-refractivity contribution is 5.92. The number of rotatable bonds is 14. The summed E-state index contributed by atoms with van der Waals surface area (Å²) in [7, 11) is 0. The van der Waals surface area contributed by atoms with Crippen LogP contribution in [-0.4, -0.2) is 63.7 Å². The molecule has 0 aliphatic heterocycles. The number of carbonyl (C=O) groups excluding carboxylic acids is 2. The maximum absolute atomic E-state index is 12.8. The van der Waals surface area contributed by atoms with Gasteiger partial charge < -0.3 is 37.4 Å². The maximum atomic E-state index is 12.8. The van der Waals surface area contributed by atoms with E-state index in [1.807, 2.05) is 0 Å². The molecule has 1 rings (SSSR count). The third-order valence-electron chi connectivity index (χ3n) is 4.58. The van der Waals surface area contributed by atoms with Gasteiger partial charge in [-0.25, -0.2) is 4.79 Å². The van der Waals surface area contributed by atoms with Crippen molar-refractivity contribution in [2.45, 2.75) is 56.7 Å². The molecule has 2 amide bonds. The van der Waals surface area contributed by atoms with Crippen LogP contribution >= 0.6 is 0 Å². The van der Waals surface area contributed by atoms with Crippen LogP contribution in [0.2, 0.25) is 0 Å². The molecule has 0 aliphatic rings. The first kappa shape index (κ1) is 25.9. The van der Waals surface area contributed by atoms with Gasteiger partial charge >= 0.3 is 11.9 Å². The minimum atomic E-state index is -1.21. The first-order valence-corrected chi connectivity index (χ1v) is 9.93. The molecule has 1 aromatic rings. The summed E-state index contributed by atoms with van der Waals surface area (Å²) in [6, 6.07) is 2.49. The van der Waals surface area contributed by atoms with Crippen LogP contribution in [0.15, 0.2) is 24.3 Å². The molecule has 0 aliphatic carbocycles. The van der Waals surface area contributed by atoms with Crippen LogP contribution in [0.1, 0.15) is 37.7 Å². The molecular weight excluding hydrogens is 408 g/mol. The summed E-state index contributed by atoms with van der Waals surface area (Å²) in [6.45, 7) is 0.397. The summed E-state index contributed by atoms with van der Waals surface area (Å²) in [4.78, 5) is 47.3. The zero-order chi connectivity index (χ0) is 23.4. The number of phenolic OH excluding ortho intramolecular Hbond substituents is 1. The number of hydrogen-bond acceptors (Lipinski definition) is 7. The minimum Gasteiger partial charge on any atom is -0.508 e. The van der Waals surface area contributed by atoms with Crippen LogP contribution in [0, 0.1) is 0 Å². The molecule has 0 unspecified atom stereocenters. The molecule has 11 nitrogen and oxygen atoms in total. The molecular formula is C20H30N4O7. The van der Waals surface area contributed by atoms with Gasteiger partial charge in [0.1, 0.15) is 17.8 Å². The summed E-state index contributed by atoms with van der Waals surface area (Å²) in [6.07, 6.45) is 0.862. The molecule has 172 valence electrons. The fourth-order valence-corrected chi connectivity index (χ4v) is 2.79. The number of hydrogen-bond donors (Lipinski definition) is 7. The number of benzene rings is 1. The number of aromatic hydroxyl groups is 1. The Hall–Kier alpha value is -3.18. The normalized spacial score (nSPS) is 13.6.